The number of aromatic nitrogens is 4. The molecule has 1 unspecified atom stereocenters. The van der Waals surface area contributed by atoms with E-state index in [1.807, 2.05) is 6.07 Å². The van der Waals surface area contributed by atoms with Gasteiger partial charge in [-0.25, -0.2) is 14.0 Å². The van der Waals surface area contributed by atoms with Crippen LogP contribution in [0.4, 0.5) is 0 Å². The van der Waals surface area contributed by atoms with Crippen LogP contribution in [0.25, 0.3) is 11.2 Å². The molecule has 0 N–H and O–H groups in total. The van der Waals surface area contributed by atoms with E-state index in [1.54, 1.807) is 31.3 Å². The van der Waals surface area contributed by atoms with Gasteiger partial charge in [-0.15, -0.1) is 0 Å². The molecule has 0 spiro atoms. The van der Waals surface area contributed by atoms with Gasteiger partial charge in [-0.05, 0) is 12.1 Å². The van der Waals surface area contributed by atoms with Crippen molar-refractivity contribution >= 4 is 22.0 Å². The Morgan fingerprint density at radius 1 is 0.955 bits per heavy atom. The Labute approximate surface area is 127 Å². The van der Waals surface area contributed by atoms with Gasteiger partial charge in [0.25, 0.3) is 5.56 Å². The first-order valence-corrected chi connectivity index (χ1v) is 7.67. The predicted molar refractivity (Wildman–Crippen MR) is 82.3 cm³/mol. The summed E-state index contributed by atoms with van der Waals surface area (Å²) in [6.45, 7) is 0. The second kappa shape index (κ2) is 5.06. The van der Waals surface area contributed by atoms with Crippen LogP contribution >= 0.6 is 0 Å². The second-order valence-electron chi connectivity index (χ2n) is 4.91. The minimum absolute atomic E-state index is 0.231. The Hall–Kier alpha value is -2.48. The molecule has 114 valence electrons. The summed E-state index contributed by atoms with van der Waals surface area (Å²) in [4.78, 5) is 29.1. The van der Waals surface area contributed by atoms with Crippen LogP contribution in [0.15, 0.2) is 50.0 Å². The Balaban J connectivity index is 2.35. The fraction of sp³-hybridized carbons (Fsp3) is 0.214. The van der Waals surface area contributed by atoms with Gasteiger partial charge >= 0.3 is 5.69 Å². The maximum absolute atomic E-state index is 12.7. The zero-order chi connectivity index (χ0) is 16.0. The molecule has 0 aliphatic heterocycles. The number of aryl methyl sites for hydroxylation is 2. The Morgan fingerprint density at radius 3 is 2.23 bits per heavy atom. The summed E-state index contributed by atoms with van der Waals surface area (Å²) in [6, 6.07) is 8.85. The first-order valence-electron chi connectivity index (χ1n) is 6.52. The van der Waals surface area contributed by atoms with Gasteiger partial charge in [0.05, 0.1) is 0 Å². The fourth-order valence-electron chi connectivity index (χ4n) is 2.31. The Bertz CT molecular complexity index is 1010. The monoisotopic (exact) mass is 318 g/mol. The van der Waals surface area contributed by atoms with Gasteiger partial charge in [-0.2, -0.15) is 0 Å². The van der Waals surface area contributed by atoms with Crippen LogP contribution in [-0.4, -0.2) is 22.9 Å². The van der Waals surface area contributed by atoms with E-state index in [1.165, 1.54) is 23.2 Å². The SMILES string of the molecule is Cn1c(=O)c2c(nc(S(=O)c3ccccc3)n2C)n(C)c1=O. The molecule has 0 bridgehead atoms. The lowest BCUT2D eigenvalue weighted by Crippen LogP contribution is -2.37. The van der Waals surface area contributed by atoms with Gasteiger partial charge in [-0.3, -0.25) is 13.9 Å². The zero-order valence-corrected chi connectivity index (χ0v) is 13.1. The average Bonchev–Trinajstić information content (AvgIpc) is 2.88. The molecular weight excluding hydrogens is 304 g/mol. The van der Waals surface area contributed by atoms with Crippen molar-refractivity contribution in [3.8, 4) is 0 Å². The molecule has 8 heteroatoms. The molecule has 2 aromatic heterocycles. The third-order valence-corrected chi connectivity index (χ3v) is 4.95. The summed E-state index contributed by atoms with van der Waals surface area (Å²) < 4.78 is 16.4. The lowest BCUT2D eigenvalue weighted by molar-refractivity contribution is 0.667. The van der Waals surface area contributed by atoms with Crippen molar-refractivity contribution in [2.45, 2.75) is 10.1 Å². The molecule has 0 amide bonds. The first-order chi connectivity index (χ1) is 10.4. The maximum atomic E-state index is 12.7. The summed E-state index contributed by atoms with van der Waals surface area (Å²) in [5, 5.41) is 0.236. The molecule has 1 aromatic carbocycles. The molecule has 7 nitrogen and oxygen atoms in total. The van der Waals surface area contributed by atoms with E-state index >= 15 is 0 Å². The minimum atomic E-state index is -1.53. The molecule has 3 aromatic rings. The number of imidazole rings is 1. The van der Waals surface area contributed by atoms with E-state index in [4.69, 9.17) is 0 Å². The number of benzene rings is 1. The number of nitrogens with zero attached hydrogens (tertiary/aromatic N) is 4. The molecule has 0 saturated heterocycles. The lowest BCUT2D eigenvalue weighted by atomic mass is 10.4. The topological polar surface area (TPSA) is 78.9 Å². The molecule has 0 fully saturated rings. The van der Waals surface area contributed by atoms with Crippen LogP contribution < -0.4 is 11.2 Å². The van der Waals surface area contributed by atoms with Crippen molar-refractivity contribution < 1.29 is 4.21 Å². The van der Waals surface area contributed by atoms with Gasteiger partial charge in [0.2, 0.25) is 5.16 Å². The largest absolute Gasteiger partial charge is 0.332 e. The molecule has 3 rings (SSSR count). The highest BCUT2D eigenvalue weighted by Crippen LogP contribution is 2.18. The van der Waals surface area contributed by atoms with Crippen molar-refractivity contribution in [1.82, 2.24) is 18.7 Å². The summed E-state index contributed by atoms with van der Waals surface area (Å²) >= 11 is 0. The normalized spacial score (nSPS) is 12.7. The van der Waals surface area contributed by atoms with Crippen molar-refractivity contribution in [1.29, 1.82) is 0 Å². The van der Waals surface area contributed by atoms with Gasteiger partial charge in [0, 0.05) is 26.0 Å². The van der Waals surface area contributed by atoms with E-state index in [0.717, 1.165) is 4.57 Å². The van der Waals surface area contributed by atoms with Gasteiger partial charge in [-0.1, -0.05) is 18.2 Å². The molecule has 0 saturated carbocycles. The molecular formula is C14H14N4O3S. The highest BCUT2D eigenvalue weighted by molar-refractivity contribution is 7.85. The van der Waals surface area contributed by atoms with Crippen LogP contribution in [0.2, 0.25) is 0 Å². The van der Waals surface area contributed by atoms with Gasteiger partial charge < -0.3 is 4.57 Å². The Morgan fingerprint density at radius 2 is 1.59 bits per heavy atom. The van der Waals surface area contributed by atoms with Crippen molar-refractivity contribution in [2.24, 2.45) is 21.1 Å². The van der Waals surface area contributed by atoms with Gasteiger partial charge in [0.1, 0.15) is 10.8 Å². The molecule has 22 heavy (non-hydrogen) atoms. The molecule has 0 aliphatic rings. The van der Waals surface area contributed by atoms with Crippen molar-refractivity contribution in [3.63, 3.8) is 0 Å². The minimum Gasteiger partial charge on any atom is -0.314 e. The summed E-state index contributed by atoms with van der Waals surface area (Å²) in [6.07, 6.45) is 0. The van der Waals surface area contributed by atoms with Crippen LogP contribution in [0, 0.1) is 0 Å². The maximum Gasteiger partial charge on any atom is 0.332 e. The van der Waals surface area contributed by atoms with E-state index in [0.29, 0.717) is 4.90 Å². The predicted octanol–water partition coefficient (Wildman–Crippen LogP) is 0.137. The molecule has 1 atom stereocenters. The average molecular weight is 318 g/mol. The van der Waals surface area contributed by atoms with Gasteiger partial charge in [0.15, 0.2) is 11.2 Å². The molecule has 2 heterocycles. The number of hydrogen-bond donors (Lipinski definition) is 0. The number of hydrogen-bond acceptors (Lipinski definition) is 4. The van der Waals surface area contributed by atoms with E-state index in [-0.39, 0.29) is 16.3 Å². The lowest BCUT2D eigenvalue weighted by Gasteiger charge is -2.03. The highest BCUT2D eigenvalue weighted by atomic mass is 32.2. The van der Waals surface area contributed by atoms with Crippen molar-refractivity contribution in [3.05, 3.63) is 51.2 Å². The summed E-state index contributed by atoms with van der Waals surface area (Å²) in [5.41, 5.74) is -0.434. The zero-order valence-electron chi connectivity index (χ0n) is 12.3. The smallest absolute Gasteiger partial charge is 0.314 e. The van der Waals surface area contributed by atoms with Crippen LogP contribution in [0.1, 0.15) is 0 Å². The first kappa shape index (κ1) is 14.5. The Kier molecular flexibility index (Phi) is 3.32. The second-order valence-corrected chi connectivity index (χ2v) is 6.29. The van der Waals surface area contributed by atoms with Crippen LogP contribution in [-0.2, 0) is 31.9 Å². The quantitative estimate of drug-likeness (QED) is 0.673. The third-order valence-electron chi connectivity index (χ3n) is 3.56. The number of rotatable bonds is 2. The molecule has 0 aliphatic carbocycles. The van der Waals surface area contributed by atoms with Crippen LogP contribution in [0.5, 0.6) is 0 Å². The summed E-state index contributed by atoms with van der Waals surface area (Å²) in [5.74, 6) is 0. The fourth-order valence-corrected chi connectivity index (χ4v) is 3.44. The van der Waals surface area contributed by atoms with Crippen LogP contribution in [0.3, 0.4) is 0 Å². The van der Waals surface area contributed by atoms with Crippen molar-refractivity contribution in [2.75, 3.05) is 0 Å². The summed E-state index contributed by atoms with van der Waals surface area (Å²) in [7, 11) is 3.03. The third kappa shape index (κ3) is 1.95. The highest BCUT2D eigenvalue weighted by Gasteiger charge is 2.21. The van der Waals surface area contributed by atoms with E-state index in [9.17, 15) is 13.8 Å². The number of fused-ring (bicyclic) bond motifs is 1. The standard InChI is InChI=1S/C14H14N4O3S/c1-16-10-11(17(2)14(20)18(3)12(10)19)15-13(16)22(21)9-7-5-4-6-8-9/h4-8H,1-3H3. The van der Waals surface area contributed by atoms with E-state index in [2.05, 4.69) is 4.98 Å². The van der Waals surface area contributed by atoms with E-state index < -0.39 is 22.0 Å². The molecule has 0 radical (unpaired) electrons.